The SMILES string of the molecule is CN1CCN(Cc2ccnc(C#N)c2)c2ccccc21. The number of para-hydroxylation sites is 2. The van der Waals surface area contributed by atoms with Crippen molar-refractivity contribution in [1.82, 2.24) is 4.98 Å². The number of anilines is 2. The van der Waals surface area contributed by atoms with E-state index < -0.39 is 0 Å². The lowest BCUT2D eigenvalue weighted by Crippen LogP contribution is -2.38. The van der Waals surface area contributed by atoms with Crippen LogP contribution in [0.15, 0.2) is 42.6 Å². The van der Waals surface area contributed by atoms with Crippen molar-refractivity contribution in [3.05, 3.63) is 53.9 Å². The topological polar surface area (TPSA) is 43.2 Å². The predicted molar refractivity (Wildman–Crippen MR) is 79.7 cm³/mol. The van der Waals surface area contributed by atoms with E-state index in [0.717, 1.165) is 25.2 Å². The van der Waals surface area contributed by atoms with Gasteiger partial charge in [0.25, 0.3) is 0 Å². The van der Waals surface area contributed by atoms with Gasteiger partial charge in [-0.2, -0.15) is 5.26 Å². The molecule has 1 aliphatic heterocycles. The number of nitrogens with zero attached hydrogens (tertiary/aromatic N) is 4. The first kappa shape index (κ1) is 12.5. The Labute approximate surface area is 118 Å². The summed E-state index contributed by atoms with van der Waals surface area (Å²) >= 11 is 0. The molecule has 0 aliphatic carbocycles. The van der Waals surface area contributed by atoms with E-state index in [9.17, 15) is 0 Å². The minimum Gasteiger partial charge on any atom is -0.371 e. The maximum absolute atomic E-state index is 8.93. The van der Waals surface area contributed by atoms with E-state index in [1.807, 2.05) is 12.1 Å². The van der Waals surface area contributed by atoms with E-state index >= 15 is 0 Å². The number of pyridine rings is 1. The molecule has 1 aromatic carbocycles. The number of rotatable bonds is 2. The van der Waals surface area contributed by atoms with Crippen molar-refractivity contribution in [2.45, 2.75) is 6.54 Å². The van der Waals surface area contributed by atoms with Crippen LogP contribution in [0.4, 0.5) is 11.4 Å². The van der Waals surface area contributed by atoms with E-state index in [1.54, 1.807) is 6.20 Å². The molecule has 1 aromatic heterocycles. The first-order chi connectivity index (χ1) is 9.78. The van der Waals surface area contributed by atoms with Gasteiger partial charge in [-0.15, -0.1) is 0 Å². The molecule has 0 saturated carbocycles. The Bertz CT molecular complexity index is 660. The maximum atomic E-state index is 8.93. The molecule has 0 fully saturated rings. The van der Waals surface area contributed by atoms with Crippen LogP contribution < -0.4 is 9.80 Å². The van der Waals surface area contributed by atoms with Crippen molar-refractivity contribution < 1.29 is 0 Å². The van der Waals surface area contributed by atoms with E-state index in [2.05, 4.69) is 52.2 Å². The standard InChI is InChI=1S/C16H16N4/c1-19-8-9-20(16-5-3-2-4-15(16)19)12-13-6-7-18-14(10-13)11-17/h2-7,10H,8-9,12H2,1H3. The van der Waals surface area contributed by atoms with Gasteiger partial charge in [-0.1, -0.05) is 12.1 Å². The molecule has 2 heterocycles. The summed E-state index contributed by atoms with van der Waals surface area (Å²) in [6.07, 6.45) is 1.70. The Balaban J connectivity index is 1.89. The van der Waals surface area contributed by atoms with Gasteiger partial charge in [-0.3, -0.25) is 0 Å². The number of hydrogen-bond donors (Lipinski definition) is 0. The van der Waals surface area contributed by atoms with E-state index in [0.29, 0.717) is 5.69 Å². The molecule has 100 valence electrons. The van der Waals surface area contributed by atoms with Gasteiger partial charge in [-0.25, -0.2) is 4.98 Å². The molecular formula is C16H16N4. The highest BCUT2D eigenvalue weighted by Gasteiger charge is 2.19. The van der Waals surface area contributed by atoms with Gasteiger partial charge in [0.1, 0.15) is 11.8 Å². The van der Waals surface area contributed by atoms with Crippen LogP contribution in [0.5, 0.6) is 0 Å². The molecule has 2 aromatic rings. The minimum absolute atomic E-state index is 0.477. The lowest BCUT2D eigenvalue weighted by atomic mass is 10.1. The summed E-state index contributed by atoms with van der Waals surface area (Å²) in [6.45, 7) is 2.80. The third kappa shape index (κ3) is 2.30. The fourth-order valence-electron chi connectivity index (χ4n) is 2.58. The third-order valence-electron chi connectivity index (χ3n) is 3.65. The molecule has 20 heavy (non-hydrogen) atoms. The smallest absolute Gasteiger partial charge is 0.140 e. The molecule has 4 nitrogen and oxygen atoms in total. The summed E-state index contributed by atoms with van der Waals surface area (Å²) in [6, 6.07) is 14.4. The lowest BCUT2D eigenvalue weighted by Gasteiger charge is -2.37. The monoisotopic (exact) mass is 264 g/mol. The number of nitriles is 1. The molecular weight excluding hydrogens is 248 g/mol. The molecule has 0 spiro atoms. The van der Waals surface area contributed by atoms with Crippen LogP contribution in [0.3, 0.4) is 0 Å². The van der Waals surface area contributed by atoms with Crippen LogP contribution in [-0.2, 0) is 6.54 Å². The molecule has 4 heteroatoms. The van der Waals surface area contributed by atoms with E-state index in [1.165, 1.54) is 11.4 Å². The van der Waals surface area contributed by atoms with E-state index in [-0.39, 0.29) is 0 Å². The summed E-state index contributed by atoms with van der Waals surface area (Å²) in [5, 5.41) is 8.93. The molecule has 0 N–H and O–H groups in total. The van der Waals surface area contributed by atoms with Gasteiger partial charge in [-0.05, 0) is 29.8 Å². The zero-order valence-corrected chi connectivity index (χ0v) is 11.5. The van der Waals surface area contributed by atoms with Crippen LogP contribution in [0.25, 0.3) is 0 Å². The van der Waals surface area contributed by atoms with E-state index in [4.69, 9.17) is 5.26 Å². The summed E-state index contributed by atoms with van der Waals surface area (Å²) in [7, 11) is 2.12. The number of fused-ring (bicyclic) bond motifs is 1. The molecule has 0 unspecified atom stereocenters. The Morgan fingerprint density at radius 2 is 2.00 bits per heavy atom. The van der Waals surface area contributed by atoms with Crippen molar-refractivity contribution in [3.63, 3.8) is 0 Å². The van der Waals surface area contributed by atoms with Gasteiger partial charge in [0.2, 0.25) is 0 Å². The van der Waals surface area contributed by atoms with Crippen molar-refractivity contribution in [1.29, 1.82) is 5.26 Å². The largest absolute Gasteiger partial charge is 0.371 e. The second kappa shape index (κ2) is 5.22. The summed E-state index contributed by atoms with van der Waals surface area (Å²) < 4.78 is 0. The molecule has 0 saturated heterocycles. The second-order valence-corrected chi connectivity index (χ2v) is 4.99. The number of benzene rings is 1. The summed E-state index contributed by atoms with van der Waals surface area (Å²) in [5.41, 5.74) is 4.10. The molecule has 0 bridgehead atoms. The summed E-state index contributed by atoms with van der Waals surface area (Å²) in [5.74, 6) is 0. The number of aromatic nitrogens is 1. The third-order valence-corrected chi connectivity index (χ3v) is 3.65. The van der Waals surface area contributed by atoms with Gasteiger partial charge in [0, 0.05) is 32.9 Å². The molecule has 0 atom stereocenters. The van der Waals surface area contributed by atoms with Crippen molar-refractivity contribution >= 4 is 11.4 Å². The van der Waals surface area contributed by atoms with Crippen molar-refractivity contribution in [2.24, 2.45) is 0 Å². The Morgan fingerprint density at radius 1 is 1.20 bits per heavy atom. The van der Waals surface area contributed by atoms with Crippen LogP contribution in [-0.4, -0.2) is 25.1 Å². The Morgan fingerprint density at radius 3 is 2.80 bits per heavy atom. The van der Waals surface area contributed by atoms with Gasteiger partial charge >= 0.3 is 0 Å². The van der Waals surface area contributed by atoms with Crippen LogP contribution >= 0.6 is 0 Å². The van der Waals surface area contributed by atoms with Crippen LogP contribution in [0.1, 0.15) is 11.3 Å². The average molecular weight is 264 g/mol. The van der Waals surface area contributed by atoms with Crippen LogP contribution in [0.2, 0.25) is 0 Å². The molecule has 3 rings (SSSR count). The van der Waals surface area contributed by atoms with Gasteiger partial charge in [0.15, 0.2) is 0 Å². The second-order valence-electron chi connectivity index (χ2n) is 4.99. The first-order valence-corrected chi connectivity index (χ1v) is 6.68. The predicted octanol–water partition coefficient (Wildman–Crippen LogP) is 2.41. The molecule has 0 amide bonds. The zero-order chi connectivity index (χ0) is 13.9. The maximum Gasteiger partial charge on any atom is 0.140 e. The van der Waals surface area contributed by atoms with Crippen LogP contribution in [0, 0.1) is 11.3 Å². The first-order valence-electron chi connectivity index (χ1n) is 6.68. The normalized spacial score (nSPS) is 13.8. The molecule has 1 aliphatic rings. The zero-order valence-electron chi connectivity index (χ0n) is 11.5. The fourth-order valence-corrected chi connectivity index (χ4v) is 2.58. The quantitative estimate of drug-likeness (QED) is 0.835. The summed E-state index contributed by atoms with van der Waals surface area (Å²) in [4.78, 5) is 8.65. The highest BCUT2D eigenvalue weighted by Crippen LogP contribution is 2.32. The molecule has 0 radical (unpaired) electrons. The highest BCUT2D eigenvalue weighted by atomic mass is 15.2. The van der Waals surface area contributed by atoms with Gasteiger partial charge < -0.3 is 9.80 Å². The highest BCUT2D eigenvalue weighted by molar-refractivity contribution is 5.73. The van der Waals surface area contributed by atoms with Crippen molar-refractivity contribution in [2.75, 3.05) is 29.9 Å². The number of likely N-dealkylation sites (N-methyl/N-ethyl adjacent to an activating group) is 1. The Hall–Kier alpha value is -2.54. The minimum atomic E-state index is 0.477. The number of hydrogen-bond acceptors (Lipinski definition) is 4. The lowest BCUT2D eigenvalue weighted by molar-refractivity contribution is 0.734. The average Bonchev–Trinajstić information content (AvgIpc) is 2.51. The fraction of sp³-hybridized carbons (Fsp3) is 0.250. The van der Waals surface area contributed by atoms with Crippen molar-refractivity contribution in [3.8, 4) is 6.07 Å². The Kier molecular flexibility index (Phi) is 3.26. The van der Waals surface area contributed by atoms with Gasteiger partial charge in [0.05, 0.1) is 11.4 Å².